The average Bonchev–Trinajstić information content (AvgIpc) is 2.40. The van der Waals surface area contributed by atoms with Gasteiger partial charge in [-0.1, -0.05) is 0 Å². The van der Waals surface area contributed by atoms with Crippen molar-refractivity contribution in [3.8, 4) is 0 Å². The molecule has 1 aliphatic heterocycles. The van der Waals surface area contributed by atoms with Crippen LogP contribution in [0.25, 0.3) is 0 Å². The molecule has 0 aromatic heterocycles. The van der Waals surface area contributed by atoms with E-state index in [0.717, 1.165) is 31.5 Å². The molecule has 1 aliphatic rings. The van der Waals surface area contributed by atoms with E-state index in [4.69, 9.17) is 16.2 Å². The van der Waals surface area contributed by atoms with Gasteiger partial charge in [0.15, 0.2) is 0 Å². The molecule has 104 valence electrons. The van der Waals surface area contributed by atoms with Crippen LogP contribution in [-0.4, -0.2) is 30.1 Å². The van der Waals surface area contributed by atoms with Crippen LogP contribution in [0.2, 0.25) is 0 Å². The van der Waals surface area contributed by atoms with Crippen LogP contribution in [0, 0.1) is 11.2 Å². The second-order valence-corrected chi connectivity index (χ2v) is 4.93. The Morgan fingerprint density at radius 2 is 2.26 bits per heavy atom. The predicted octanol–water partition coefficient (Wildman–Crippen LogP) is 1.85. The second-order valence-electron chi connectivity index (χ2n) is 4.93. The molecule has 0 saturated carbocycles. The number of rotatable bonds is 4. The number of nitrogens with one attached hydrogen (secondary N) is 1. The Morgan fingerprint density at radius 1 is 1.47 bits per heavy atom. The standard InChI is InChI=1S/C14H20FN3O/c15-10-4-5-13(12(9-10)14(16)17)18-7-2-1-3-11(18)6-8-19/h4-5,9,11,19H,1-3,6-8H2,(H3,16,17). The summed E-state index contributed by atoms with van der Waals surface area (Å²) in [7, 11) is 0. The lowest BCUT2D eigenvalue weighted by Crippen LogP contribution is -2.41. The lowest BCUT2D eigenvalue weighted by molar-refractivity contribution is 0.262. The number of anilines is 1. The van der Waals surface area contributed by atoms with Gasteiger partial charge in [0.1, 0.15) is 11.7 Å². The molecule has 2 rings (SSSR count). The number of aliphatic hydroxyl groups is 1. The number of nitrogens with zero attached hydrogens (tertiary/aromatic N) is 1. The van der Waals surface area contributed by atoms with E-state index in [9.17, 15) is 4.39 Å². The van der Waals surface area contributed by atoms with Crippen molar-refractivity contribution in [2.24, 2.45) is 5.73 Å². The number of aliphatic hydroxyl groups excluding tert-OH is 1. The Labute approximate surface area is 112 Å². The van der Waals surface area contributed by atoms with Gasteiger partial charge < -0.3 is 15.7 Å². The molecule has 4 N–H and O–H groups in total. The lowest BCUT2D eigenvalue weighted by Gasteiger charge is -2.38. The van der Waals surface area contributed by atoms with Crippen molar-refractivity contribution in [3.05, 3.63) is 29.6 Å². The van der Waals surface area contributed by atoms with E-state index >= 15 is 0 Å². The number of nitrogens with two attached hydrogens (primary N) is 1. The summed E-state index contributed by atoms with van der Waals surface area (Å²) < 4.78 is 13.3. The number of piperidine rings is 1. The molecule has 0 spiro atoms. The summed E-state index contributed by atoms with van der Waals surface area (Å²) in [5.41, 5.74) is 6.78. The zero-order valence-electron chi connectivity index (χ0n) is 10.9. The number of benzene rings is 1. The van der Waals surface area contributed by atoms with E-state index in [1.54, 1.807) is 6.07 Å². The molecule has 0 aliphatic carbocycles. The molecule has 1 atom stereocenters. The molecule has 1 aromatic carbocycles. The van der Waals surface area contributed by atoms with Gasteiger partial charge in [-0.15, -0.1) is 0 Å². The van der Waals surface area contributed by atoms with Gasteiger partial charge in [-0.25, -0.2) is 4.39 Å². The van der Waals surface area contributed by atoms with Crippen LogP contribution in [0.4, 0.5) is 10.1 Å². The van der Waals surface area contributed by atoms with Crippen LogP contribution in [0.5, 0.6) is 0 Å². The van der Waals surface area contributed by atoms with Gasteiger partial charge >= 0.3 is 0 Å². The molecule has 0 radical (unpaired) electrons. The summed E-state index contributed by atoms with van der Waals surface area (Å²) in [6.07, 6.45) is 3.90. The number of hydrogen-bond acceptors (Lipinski definition) is 3. The van der Waals surface area contributed by atoms with Crippen molar-refractivity contribution in [2.75, 3.05) is 18.1 Å². The van der Waals surface area contributed by atoms with E-state index in [0.29, 0.717) is 12.0 Å². The maximum absolute atomic E-state index is 13.3. The summed E-state index contributed by atoms with van der Waals surface area (Å²) >= 11 is 0. The Hall–Kier alpha value is -1.62. The fraction of sp³-hybridized carbons (Fsp3) is 0.500. The first-order valence-corrected chi connectivity index (χ1v) is 6.65. The van der Waals surface area contributed by atoms with E-state index in [2.05, 4.69) is 4.90 Å². The number of amidine groups is 1. The van der Waals surface area contributed by atoms with Crippen molar-refractivity contribution >= 4 is 11.5 Å². The van der Waals surface area contributed by atoms with Crippen LogP contribution in [0.1, 0.15) is 31.2 Å². The monoisotopic (exact) mass is 265 g/mol. The summed E-state index contributed by atoms with van der Waals surface area (Å²) in [5.74, 6) is -0.507. The van der Waals surface area contributed by atoms with Gasteiger partial charge in [0.2, 0.25) is 0 Å². The highest BCUT2D eigenvalue weighted by Crippen LogP contribution is 2.29. The van der Waals surface area contributed by atoms with E-state index in [1.165, 1.54) is 12.1 Å². The number of nitrogen functional groups attached to an aromatic ring is 1. The topological polar surface area (TPSA) is 73.3 Å². The highest BCUT2D eigenvalue weighted by atomic mass is 19.1. The molecule has 4 nitrogen and oxygen atoms in total. The minimum Gasteiger partial charge on any atom is -0.396 e. The largest absolute Gasteiger partial charge is 0.396 e. The molecule has 0 bridgehead atoms. The minimum absolute atomic E-state index is 0.122. The summed E-state index contributed by atoms with van der Waals surface area (Å²) in [5, 5.41) is 16.7. The number of hydrogen-bond donors (Lipinski definition) is 3. The molecule has 1 fully saturated rings. The van der Waals surface area contributed by atoms with E-state index in [-0.39, 0.29) is 24.3 Å². The van der Waals surface area contributed by atoms with Crippen molar-refractivity contribution in [2.45, 2.75) is 31.7 Å². The Kier molecular flexibility index (Phi) is 4.37. The van der Waals surface area contributed by atoms with Crippen LogP contribution < -0.4 is 10.6 Å². The van der Waals surface area contributed by atoms with Crippen molar-refractivity contribution in [3.63, 3.8) is 0 Å². The van der Waals surface area contributed by atoms with Crippen LogP contribution in [-0.2, 0) is 0 Å². The van der Waals surface area contributed by atoms with Crippen LogP contribution >= 0.6 is 0 Å². The molecule has 5 heteroatoms. The van der Waals surface area contributed by atoms with Gasteiger partial charge in [0, 0.05) is 30.4 Å². The first-order chi connectivity index (χ1) is 9.13. The third-order valence-corrected chi connectivity index (χ3v) is 3.65. The van der Waals surface area contributed by atoms with Crippen molar-refractivity contribution in [1.82, 2.24) is 0 Å². The van der Waals surface area contributed by atoms with E-state index < -0.39 is 0 Å². The van der Waals surface area contributed by atoms with Gasteiger partial charge in [0.25, 0.3) is 0 Å². The van der Waals surface area contributed by atoms with Crippen molar-refractivity contribution in [1.29, 1.82) is 5.41 Å². The quantitative estimate of drug-likeness (QED) is 0.574. The third kappa shape index (κ3) is 3.04. The molecule has 0 amide bonds. The molecular formula is C14H20FN3O. The van der Waals surface area contributed by atoms with E-state index in [1.807, 2.05) is 0 Å². The Bertz CT molecular complexity index is 462. The fourth-order valence-electron chi connectivity index (χ4n) is 2.74. The zero-order chi connectivity index (χ0) is 13.8. The summed E-state index contributed by atoms with van der Waals surface area (Å²) in [6, 6.07) is 4.62. The average molecular weight is 265 g/mol. The Morgan fingerprint density at radius 3 is 2.95 bits per heavy atom. The normalized spacial score (nSPS) is 19.5. The predicted molar refractivity (Wildman–Crippen MR) is 74.1 cm³/mol. The third-order valence-electron chi connectivity index (χ3n) is 3.65. The van der Waals surface area contributed by atoms with Gasteiger partial charge in [-0.2, -0.15) is 0 Å². The maximum Gasteiger partial charge on any atom is 0.125 e. The Balaban J connectivity index is 2.35. The minimum atomic E-state index is -0.385. The van der Waals surface area contributed by atoms with Gasteiger partial charge in [-0.3, -0.25) is 5.41 Å². The summed E-state index contributed by atoms with van der Waals surface area (Å²) in [6.45, 7) is 0.994. The first-order valence-electron chi connectivity index (χ1n) is 6.65. The molecular weight excluding hydrogens is 245 g/mol. The van der Waals surface area contributed by atoms with Gasteiger partial charge in [0.05, 0.1) is 0 Å². The first kappa shape index (κ1) is 13.8. The highest BCUT2D eigenvalue weighted by molar-refractivity contribution is 6.00. The van der Waals surface area contributed by atoms with Gasteiger partial charge in [-0.05, 0) is 43.9 Å². The maximum atomic E-state index is 13.3. The number of halogens is 1. The molecule has 1 saturated heterocycles. The highest BCUT2D eigenvalue weighted by Gasteiger charge is 2.24. The SMILES string of the molecule is N=C(N)c1cc(F)ccc1N1CCCCC1CCO. The molecule has 1 aromatic rings. The molecule has 1 heterocycles. The van der Waals surface area contributed by atoms with Crippen LogP contribution in [0.3, 0.4) is 0 Å². The lowest BCUT2D eigenvalue weighted by atomic mass is 9.97. The fourth-order valence-corrected chi connectivity index (χ4v) is 2.74. The second kappa shape index (κ2) is 6.02. The smallest absolute Gasteiger partial charge is 0.125 e. The van der Waals surface area contributed by atoms with Crippen molar-refractivity contribution < 1.29 is 9.50 Å². The molecule has 1 unspecified atom stereocenters. The summed E-state index contributed by atoms with van der Waals surface area (Å²) in [4.78, 5) is 2.15. The zero-order valence-corrected chi connectivity index (χ0v) is 10.9. The molecule has 19 heavy (non-hydrogen) atoms. The van der Waals surface area contributed by atoms with Crippen LogP contribution in [0.15, 0.2) is 18.2 Å².